The molecule has 3 aliphatic rings. The van der Waals surface area contributed by atoms with Gasteiger partial charge in [-0.2, -0.15) is 0 Å². The minimum absolute atomic E-state index is 0.0710. The quantitative estimate of drug-likeness (QED) is 0.714. The summed E-state index contributed by atoms with van der Waals surface area (Å²) in [6.07, 6.45) is 2.92. The first-order chi connectivity index (χ1) is 16.2. The smallest absolute Gasteiger partial charge is 0.253 e. The van der Waals surface area contributed by atoms with Crippen LogP contribution in [0.25, 0.3) is 0 Å². The zero-order valence-electron chi connectivity index (χ0n) is 19.1. The Hall–Kier alpha value is -3.27. The van der Waals surface area contributed by atoms with Crippen LogP contribution < -0.4 is 19.1 Å². The van der Waals surface area contributed by atoms with Crippen LogP contribution in [0.5, 0.6) is 11.5 Å². The van der Waals surface area contributed by atoms with Crippen LogP contribution in [0, 0.1) is 5.92 Å². The Morgan fingerprint density at radius 3 is 2.50 bits per heavy atom. The second kappa shape index (κ2) is 8.50. The third kappa shape index (κ3) is 4.18. The number of carbonyl (C=O) groups is 2. The lowest BCUT2D eigenvalue weighted by Gasteiger charge is -2.31. The third-order valence-corrected chi connectivity index (χ3v) is 7.90. The fraction of sp³-hybridized carbons (Fsp3) is 0.417. The van der Waals surface area contributed by atoms with Gasteiger partial charge >= 0.3 is 0 Å². The number of likely N-dealkylation sites (tertiary alicyclic amines) is 1. The Kier molecular flexibility index (Phi) is 5.63. The predicted molar refractivity (Wildman–Crippen MR) is 127 cm³/mol. The molecule has 3 heterocycles. The lowest BCUT2D eigenvalue weighted by atomic mass is 9.95. The second-order valence-electron chi connectivity index (χ2n) is 9.08. The van der Waals surface area contributed by atoms with Gasteiger partial charge in [0.05, 0.1) is 11.9 Å². The average molecular weight is 486 g/mol. The monoisotopic (exact) mass is 485 g/mol. The van der Waals surface area contributed by atoms with E-state index in [1.807, 2.05) is 6.92 Å². The summed E-state index contributed by atoms with van der Waals surface area (Å²) in [5, 5.41) is 2.93. The van der Waals surface area contributed by atoms with Crippen molar-refractivity contribution in [1.29, 1.82) is 0 Å². The third-order valence-electron chi connectivity index (χ3n) is 6.63. The van der Waals surface area contributed by atoms with E-state index in [1.54, 1.807) is 41.3 Å². The van der Waals surface area contributed by atoms with Crippen LogP contribution in [-0.2, 0) is 21.2 Å². The number of hydrogen-bond donors (Lipinski definition) is 1. The Bertz CT molecular complexity index is 1250. The van der Waals surface area contributed by atoms with Gasteiger partial charge in [-0.25, -0.2) is 8.42 Å². The van der Waals surface area contributed by atoms with Crippen molar-refractivity contribution in [1.82, 2.24) is 4.90 Å². The van der Waals surface area contributed by atoms with E-state index >= 15 is 0 Å². The fourth-order valence-electron chi connectivity index (χ4n) is 4.99. The van der Waals surface area contributed by atoms with Crippen molar-refractivity contribution < 1.29 is 27.5 Å². The Morgan fingerprint density at radius 2 is 1.76 bits per heavy atom. The fourth-order valence-corrected chi connectivity index (χ4v) is 6.25. The van der Waals surface area contributed by atoms with Crippen LogP contribution in [0.4, 0.5) is 11.4 Å². The maximum atomic E-state index is 13.1. The molecule has 2 aromatic carbocycles. The lowest BCUT2D eigenvalue weighted by Crippen LogP contribution is -2.41. The molecule has 9 nitrogen and oxygen atoms in total. The van der Waals surface area contributed by atoms with E-state index in [-0.39, 0.29) is 30.6 Å². The van der Waals surface area contributed by atoms with Gasteiger partial charge in [0.15, 0.2) is 11.5 Å². The van der Waals surface area contributed by atoms with Gasteiger partial charge in [0.25, 0.3) is 5.91 Å². The summed E-state index contributed by atoms with van der Waals surface area (Å²) in [6.45, 7) is 3.02. The molecule has 34 heavy (non-hydrogen) atoms. The number of fused-ring (bicyclic) bond motifs is 2. The highest BCUT2D eigenvalue weighted by atomic mass is 32.2. The number of nitrogens with one attached hydrogen (secondary N) is 1. The van der Waals surface area contributed by atoms with Crippen molar-refractivity contribution in [2.45, 2.75) is 32.2 Å². The van der Waals surface area contributed by atoms with Crippen molar-refractivity contribution >= 4 is 33.2 Å². The molecular weight excluding hydrogens is 458 g/mol. The molecule has 0 bridgehead atoms. The van der Waals surface area contributed by atoms with Gasteiger partial charge in [0, 0.05) is 42.4 Å². The van der Waals surface area contributed by atoms with Gasteiger partial charge in [-0.05, 0) is 62.1 Å². The first-order valence-electron chi connectivity index (χ1n) is 11.3. The summed E-state index contributed by atoms with van der Waals surface area (Å²) in [6, 6.07) is 10.3. The molecule has 1 fully saturated rings. The number of benzene rings is 2. The summed E-state index contributed by atoms with van der Waals surface area (Å²) in [5.74, 6) is 0.927. The van der Waals surface area contributed by atoms with E-state index in [0.29, 0.717) is 60.8 Å². The minimum Gasteiger partial charge on any atom is -0.454 e. The first-order valence-corrected chi connectivity index (χ1v) is 13.2. The molecule has 5 rings (SSSR count). The molecule has 1 atom stereocenters. The summed E-state index contributed by atoms with van der Waals surface area (Å²) in [5.41, 5.74) is 2.71. The molecule has 0 unspecified atom stereocenters. The van der Waals surface area contributed by atoms with Crippen LogP contribution in [0.2, 0.25) is 0 Å². The Balaban J connectivity index is 1.20. The highest BCUT2D eigenvalue weighted by Crippen LogP contribution is 2.36. The number of rotatable bonds is 4. The van der Waals surface area contributed by atoms with Gasteiger partial charge < -0.3 is 19.7 Å². The molecule has 2 aromatic rings. The minimum atomic E-state index is -3.37. The summed E-state index contributed by atoms with van der Waals surface area (Å²) in [7, 11) is -3.37. The van der Waals surface area contributed by atoms with Crippen LogP contribution in [0.1, 0.15) is 35.7 Å². The highest BCUT2D eigenvalue weighted by Gasteiger charge is 2.34. The molecule has 1 saturated heterocycles. The van der Waals surface area contributed by atoms with Gasteiger partial charge in [-0.3, -0.25) is 13.9 Å². The maximum absolute atomic E-state index is 13.1. The summed E-state index contributed by atoms with van der Waals surface area (Å²) >= 11 is 0. The number of ether oxygens (including phenoxy) is 2. The summed E-state index contributed by atoms with van der Waals surface area (Å²) in [4.78, 5) is 27.6. The van der Waals surface area contributed by atoms with Crippen LogP contribution >= 0.6 is 0 Å². The second-order valence-corrected chi connectivity index (χ2v) is 10.9. The number of anilines is 2. The van der Waals surface area contributed by atoms with Crippen LogP contribution in [0.3, 0.4) is 0 Å². The van der Waals surface area contributed by atoms with Crippen LogP contribution in [-0.4, -0.2) is 57.3 Å². The molecule has 180 valence electrons. The van der Waals surface area contributed by atoms with Gasteiger partial charge in [-0.1, -0.05) is 0 Å². The van der Waals surface area contributed by atoms with Crippen LogP contribution in [0.15, 0.2) is 36.4 Å². The number of amides is 2. The predicted octanol–water partition coefficient (Wildman–Crippen LogP) is 2.62. The molecule has 3 aliphatic heterocycles. The summed E-state index contributed by atoms with van der Waals surface area (Å²) < 4.78 is 36.3. The van der Waals surface area contributed by atoms with E-state index in [9.17, 15) is 18.0 Å². The van der Waals surface area contributed by atoms with Crippen molar-refractivity contribution in [3.05, 3.63) is 47.5 Å². The highest BCUT2D eigenvalue weighted by molar-refractivity contribution is 7.92. The SMILES string of the molecule is C[C@@H]1Cc2cc(C(=O)N3CCC(C(=O)Nc4ccc5c(c4)OCO5)CC3)ccc2N1S(C)(=O)=O. The number of hydrogen-bond acceptors (Lipinski definition) is 6. The lowest BCUT2D eigenvalue weighted by molar-refractivity contribution is -0.121. The molecule has 0 aliphatic carbocycles. The normalized spacial score (nSPS) is 19.8. The Morgan fingerprint density at radius 1 is 1.03 bits per heavy atom. The number of carbonyl (C=O) groups excluding carboxylic acids is 2. The van der Waals surface area contributed by atoms with E-state index in [1.165, 1.54) is 10.6 Å². The number of nitrogens with zero attached hydrogens (tertiary/aromatic N) is 2. The largest absolute Gasteiger partial charge is 0.454 e. The van der Waals surface area contributed by atoms with E-state index in [0.717, 1.165) is 5.56 Å². The maximum Gasteiger partial charge on any atom is 0.253 e. The van der Waals surface area contributed by atoms with Crippen molar-refractivity contribution in [3.63, 3.8) is 0 Å². The number of piperidine rings is 1. The average Bonchev–Trinajstić information content (AvgIpc) is 3.40. The molecule has 2 amide bonds. The standard InChI is InChI=1S/C24H27N3O6S/c1-15-11-18-12-17(3-5-20(18)27(15)34(2,30)31)24(29)26-9-7-16(8-10-26)23(28)25-19-4-6-21-22(13-19)33-14-32-21/h3-6,12-13,15-16H,7-11,14H2,1-2H3,(H,25,28)/t15-/m1/s1. The van der Waals surface area contributed by atoms with E-state index < -0.39 is 10.0 Å². The zero-order chi connectivity index (χ0) is 24.0. The van der Waals surface area contributed by atoms with Crippen molar-refractivity contribution in [2.75, 3.05) is 35.8 Å². The Labute approximate surface area is 198 Å². The molecule has 0 radical (unpaired) electrons. The molecule has 1 N–H and O–H groups in total. The molecule has 0 saturated carbocycles. The first kappa shape index (κ1) is 22.5. The van der Waals surface area contributed by atoms with Crippen molar-refractivity contribution in [3.8, 4) is 11.5 Å². The molecule has 0 aromatic heterocycles. The van der Waals surface area contributed by atoms with E-state index in [4.69, 9.17) is 9.47 Å². The molecule has 0 spiro atoms. The van der Waals surface area contributed by atoms with Gasteiger partial charge in [-0.15, -0.1) is 0 Å². The number of sulfonamides is 1. The molecular formula is C24H27N3O6S. The topological polar surface area (TPSA) is 105 Å². The molecule has 10 heteroatoms. The van der Waals surface area contributed by atoms with E-state index in [2.05, 4.69) is 5.32 Å². The van der Waals surface area contributed by atoms with Gasteiger partial charge in [0.1, 0.15) is 0 Å². The zero-order valence-corrected chi connectivity index (χ0v) is 19.9. The van der Waals surface area contributed by atoms with Gasteiger partial charge in [0.2, 0.25) is 22.7 Å². The van der Waals surface area contributed by atoms with Crippen molar-refractivity contribution in [2.24, 2.45) is 5.92 Å².